The molecule has 2 N–H and O–H groups in total. The smallest absolute Gasteiger partial charge is 0.269 e. The van der Waals surface area contributed by atoms with E-state index in [4.69, 9.17) is 4.74 Å². The average Bonchev–Trinajstić information content (AvgIpc) is 3.26. The topological polar surface area (TPSA) is 111 Å². The van der Waals surface area contributed by atoms with E-state index >= 15 is 0 Å². The fourth-order valence-electron chi connectivity index (χ4n) is 3.06. The van der Waals surface area contributed by atoms with Crippen LogP contribution in [0.25, 0.3) is 0 Å². The van der Waals surface area contributed by atoms with Crippen LogP contribution in [0.5, 0.6) is 0 Å². The number of hydrogen-bond acceptors (Lipinski definition) is 6. The minimum atomic E-state index is -0.446. The molecule has 0 aromatic heterocycles. The van der Waals surface area contributed by atoms with Gasteiger partial charge in [-0.3, -0.25) is 19.7 Å². The number of carbonyl (C=O) groups excluding carboxylic acids is 2. The third-order valence-electron chi connectivity index (χ3n) is 4.61. The number of nitrogens with zero attached hydrogens (tertiary/aromatic N) is 1. The zero-order valence-electron chi connectivity index (χ0n) is 16.3. The van der Waals surface area contributed by atoms with Crippen molar-refractivity contribution in [2.24, 2.45) is 0 Å². The van der Waals surface area contributed by atoms with Gasteiger partial charge in [0.15, 0.2) is 0 Å². The number of para-hydroxylation sites is 1. The van der Waals surface area contributed by atoms with Crippen molar-refractivity contribution in [2.75, 3.05) is 24.2 Å². The molecule has 0 spiro atoms. The first kappa shape index (κ1) is 21.8. The number of anilines is 1. The van der Waals surface area contributed by atoms with Gasteiger partial charge in [0.1, 0.15) is 0 Å². The summed E-state index contributed by atoms with van der Waals surface area (Å²) in [7, 11) is 0. The fraction of sp³-hybridized carbons (Fsp3) is 0.333. The van der Waals surface area contributed by atoms with Crippen LogP contribution in [0.3, 0.4) is 0 Å². The SMILES string of the molecule is O=C(CSCc1ccc([N+](=O)[O-])cc1)Nc1ccccc1C(=O)NC[C@H]1CCCO1. The lowest BCUT2D eigenvalue weighted by Crippen LogP contribution is -2.32. The van der Waals surface area contributed by atoms with Crippen LogP contribution in [0.4, 0.5) is 11.4 Å². The van der Waals surface area contributed by atoms with E-state index in [1.807, 2.05) is 0 Å². The minimum Gasteiger partial charge on any atom is -0.376 e. The van der Waals surface area contributed by atoms with Gasteiger partial charge in [0.25, 0.3) is 11.6 Å². The second kappa shape index (κ2) is 10.7. The van der Waals surface area contributed by atoms with Crippen molar-refractivity contribution in [3.05, 3.63) is 69.8 Å². The second-order valence-electron chi connectivity index (χ2n) is 6.86. The van der Waals surface area contributed by atoms with E-state index in [0.717, 1.165) is 25.0 Å². The summed E-state index contributed by atoms with van der Waals surface area (Å²) >= 11 is 1.39. The number of benzene rings is 2. The van der Waals surface area contributed by atoms with Crippen LogP contribution in [0.15, 0.2) is 48.5 Å². The Balaban J connectivity index is 1.48. The quantitative estimate of drug-likeness (QED) is 0.467. The van der Waals surface area contributed by atoms with Crippen molar-refractivity contribution in [3.8, 4) is 0 Å². The molecule has 1 atom stereocenters. The highest BCUT2D eigenvalue weighted by molar-refractivity contribution is 7.99. The molecule has 30 heavy (non-hydrogen) atoms. The number of non-ortho nitro benzene ring substituents is 1. The number of thioether (sulfide) groups is 1. The van der Waals surface area contributed by atoms with Crippen LogP contribution in [-0.2, 0) is 15.3 Å². The largest absolute Gasteiger partial charge is 0.376 e. The van der Waals surface area contributed by atoms with Gasteiger partial charge >= 0.3 is 0 Å². The molecule has 1 aliphatic rings. The number of nitro groups is 1. The lowest BCUT2D eigenvalue weighted by molar-refractivity contribution is -0.384. The number of carbonyl (C=O) groups is 2. The molecule has 1 aliphatic heterocycles. The van der Waals surface area contributed by atoms with E-state index in [1.165, 1.54) is 23.9 Å². The Morgan fingerprint density at radius 3 is 2.63 bits per heavy atom. The molecule has 0 bridgehead atoms. The van der Waals surface area contributed by atoms with E-state index in [-0.39, 0.29) is 29.4 Å². The lowest BCUT2D eigenvalue weighted by Gasteiger charge is -2.13. The Labute approximate surface area is 178 Å². The normalized spacial score (nSPS) is 15.5. The summed E-state index contributed by atoms with van der Waals surface area (Å²) in [6, 6.07) is 13.1. The highest BCUT2D eigenvalue weighted by atomic mass is 32.2. The first-order valence-corrected chi connectivity index (χ1v) is 10.8. The summed E-state index contributed by atoms with van der Waals surface area (Å²) in [6.45, 7) is 1.18. The number of nitro benzene ring substituents is 1. The molecule has 3 rings (SSSR count). The molecule has 158 valence electrons. The molecule has 0 saturated carbocycles. The third kappa shape index (κ3) is 6.30. The highest BCUT2D eigenvalue weighted by Gasteiger charge is 2.18. The molecule has 2 amide bonds. The van der Waals surface area contributed by atoms with Crippen molar-refractivity contribution < 1.29 is 19.2 Å². The fourth-order valence-corrected chi connectivity index (χ4v) is 3.85. The minimum absolute atomic E-state index is 0.0378. The first-order valence-electron chi connectivity index (χ1n) is 9.62. The number of rotatable bonds is 9. The lowest BCUT2D eigenvalue weighted by atomic mass is 10.1. The van der Waals surface area contributed by atoms with Crippen molar-refractivity contribution in [1.29, 1.82) is 0 Å². The summed E-state index contributed by atoms with van der Waals surface area (Å²) in [6.07, 6.45) is 1.99. The van der Waals surface area contributed by atoms with Crippen molar-refractivity contribution >= 4 is 35.0 Å². The zero-order chi connectivity index (χ0) is 21.3. The van der Waals surface area contributed by atoms with E-state index in [1.54, 1.807) is 36.4 Å². The van der Waals surface area contributed by atoms with Crippen molar-refractivity contribution in [2.45, 2.75) is 24.7 Å². The van der Waals surface area contributed by atoms with E-state index in [0.29, 0.717) is 23.5 Å². The summed E-state index contributed by atoms with van der Waals surface area (Å²) in [5, 5.41) is 16.3. The molecule has 0 aliphatic carbocycles. The molecular formula is C21H23N3O5S. The molecule has 0 unspecified atom stereocenters. The third-order valence-corrected chi connectivity index (χ3v) is 5.61. The Morgan fingerprint density at radius 1 is 1.17 bits per heavy atom. The van der Waals surface area contributed by atoms with Gasteiger partial charge in [-0.05, 0) is 30.5 Å². The number of hydrogen-bond donors (Lipinski definition) is 2. The predicted octanol–water partition coefficient (Wildman–Crippen LogP) is 3.38. The molecule has 1 saturated heterocycles. The Kier molecular flexibility index (Phi) is 7.81. The van der Waals surface area contributed by atoms with Gasteiger partial charge in [0.05, 0.1) is 28.0 Å². The highest BCUT2D eigenvalue weighted by Crippen LogP contribution is 2.19. The van der Waals surface area contributed by atoms with E-state index in [2.05, 4.69) is 10.6 Å². The van der Waals surface area contributed by atoms with Gasteiger partial charge in [-0.25, -0.2) is 0 Å². The molecule has 2 aromatic rings. The van der Waals surface area contributed by atoms with Crippen molar-refractivity contribution in [1.82, 2.24) is 5.32 Å². The standard InChI is InChI=1S/C21H23N3O5S/c25-20(14-30-13-15-7-9-16(10-8-15)24(27)28)23-19-6-2-1-5-18(19)21(26)22-12-17-4-3-11-29-17/h1-2,5-10,17H,3-4,11-14H2,(H,22,26)(H,23,25)/t17-/m1/s1. The maximum absolute atomic E-state index is 12.5. The van der Waals surface area contributed by atoms with Gasteiger partial charge in [0, 0.05) is 31.0 Å². The van der Waals surface area contributed by atoms with Crippen LogP contribution in [-0.4, -0.2) is 41.7 Å². The molecule has 9 heteroatoms. The molecular weight excluding hydrogens is 406 g/mol. The first-order chi connectivity index (χ1) is 14.5. The molecule has 8 nitrogen and oxygen atoms in total. The molecule has 0 radical (unpaired) electrons. The summed E-state index contributed by atoms with van der Waals surface area (Å²) in [5.41, 5.74) is 1.80. The Bertz CT molecular complexity index is 898. The van der Waals surface area contributed by atoms with Crippen LogP contribution < -0.4 is 10.6 Å². The Hall–Kier alpha value is -2.91. The van der Waals surface area contributed by atoms with E-state index < -0.39 is 4.92 Å². The van der Waals surface area contributed by atoms with Gasteiger partial charge in [-0.15, -0.1) is 11.8 Å². The van der Waals surface area contributed by atoms with Crippen LogP contribution >= 0.6 is 11.8 Å². The Morgan fingerprint density at radius 2 is 1.93 bits per heavy atom. The van der Waals surface area contributed by atoms with Gasteiger partial charge in [0.2, 0.25) is 5.91 Å². The maximum atomic E-state index is 12.5. The van der Waals surface area contributed by atoms with Crippen molar-refractivity contribution in [3.63, 3.8) is 0 Å². The zero-order valence-corrected chi connectivity index (χ0v) is 17.2. The van der Waals surface area contributed by atoms with Gasteiger partial charge in [-0.1, -0.05) is 24.3 Å². The summed E-state index contributed by atoms with van der Waals surface area (Å²) in [4.78, 5) is 35.1. The molecule has 1 fully saturated rings. The maximum Gasteiger partial charge on any atom is 0.269 e. The van der Waals surface area contributed by atoms with Crippen LogP contribution in [0, 0.1) is 10.1 Å². The molecule has 2 aromatic carbocycles. The number of nitrogens with one attached hydrogen (secondary N) is 2. The second-order valence-corrected chi connectivity index (χ2v) is 7.84. The predicted molar refractivity (Wildman–Crippen MR) is 116 cm³/mol. The monoisotopic (exact) mass is 429 g/mol. The summed E-state index contributed by atoms with van der Waals surface area (Å²) in [5.74, 6) is 0.277. The summed E-state index contributed by atoms with van der Waals surface area (Å²) < 4.78 is 5.51. The van der Waals surface area contributed by atoms with Gasteiger partial charge in [-0.2, -0.15) is 0 Å². The van der Waals surface area contributed by atoms with E-state index in [9.17, 15) is 19.7 Å². The van der Waals surface area contributed by atoms with Crippen LogP contribution in [0.1, 0.15) is 28.8 Å². The van der Waals surface area contributed by atoms with Gasteiger partial charge < -0.3 is 15.4 Å². The number of amides is 2. The average molecular weight is 429 g/mol. The molecule has 1 heterocycles. The van der Waals surface area contributed by atoms with Crippen LogP contribution in [0.2, 0.25) is 0 Å². The number of ether oxygens (including phenoxy) is 1.